The second-order valence-corrected chi connectivity index (χ2v) is 7.00. The van der Waals surface area contributed by atoms with Gasteiger partial charge >= 0.3 is 5.97 Å². The zero-order valence-corrected chi connectivity index (χ0v) is 15.0. The van der Waals surface area contributed by atoms with Gasteiger partial charge in [0.1, 0.15) is 0 Å². The lowest BCUT2D eigenvalue weighted by Crippen LogP contribution is -2.31. The normalized spacial score (nSPS) is 10.3. The molecule has 0 unspecified atom stereocenters. The molecule has 0 radical (unpaired) electrons. The maximum Gasteiger partial charge on any atom is 0.344 e. The van der Waals surface area contributed by atoms with Gasteiger partial charge in [0.05, 0.1) is 0 Å². The fraction of sp³-hybridized carbons (Fsp3) is 0.294. The fourth-order valence-corrected chi connectivity index (χ4v) is 3.47. The van der Waals surface area contributed by atoms with Crippen LogP contribution in [0.25, 0.3) is 0 Å². The summed E-state index contributed by atoms with van der Waals surface area (Å²) in [6.45, 7) is -0.335. The average Bonchev–Trinajstić information content (AvgIpc) is 3.12. The molecule has 0 aliphatic rings. The number of carbonyl (C=O) groups excluding carboxylic acids is 2. The van der Waals surface area contributed by atoms with Gasteiger partial charge in [0, 0.05) is 22.9 Å². The molecule has 0 fully saturated rings. The van der Waals surface area contributed by atoms with E-state index in [2.05, 4.69) is 11.4 Å². The Bertz CT molecular complexity index is 679. The minimum atomic E-state index is -0.731. The van der Waals surface area contributed by atoms with E-state index in [4.69, 9.17) is 9.47 Å². The van der Waals surface area contributed by atoms with Gasteiger partial charge in [-0.1, -0.05) is 18.2 Å². The minimum Gasteiger partial charge on any atom is -0.479 e. The molecule has 1 heterocycles. The molecule has 0 atom stereocenters. The van der Waals surface area contributed by atoms with Crippen LogP contribution >= 0.6 is 23.1 Å². The summed E-state index contributed by atoms with van der Waals surface area (Å²) in [6.07, 6.45) is 0. The molecule has 2 aromatic rings. The van der Waals surface area contributed by atoms with Crippen molar-refractivity contribution in [2.75, 3.05) is 25.5 Å². The number of para-hydroxylation sites is 1. The third kappa shape index (κ3) is 7.57. The van der Waals surface area contributed by atoms with Gasteiger partial charge in [0.15, 0.2) is 24.8 Å². The second kappa shape index (κ2) is 10.7. The molecule has 0 aliphatic heterocycles. The molecule has 1 aromatic carbocycles. The Morgan fingerprint density at radius 1 is 1.16 bits per heavy atom. The number of carbonyl (C=O) groups is 2. The number of ether oxygens (including phenoxy) is 2. The van der Waals surface area contributed by atoms with Crippen LogP contribution in [0, 0.1) is 5.82 Å². The van der Waals surface area contributed by atoms with Crippen molar-refractivity contribution in [3.05, 3.63) is 52.5 Å². The lowest BCUT2D eigenvalue weighted by Gasteiger charge is -2.08. The van der Waals surface area contributed by atoms with E-state index in [1.54, 1.807) is 29.2 Å². The number of amides is 1. The highest BCUT2D eigenvalue weighted by atomic mass is 32.2. The molecule has 0 spiro atoms. The third-order valence-electron chi connectivity index (χ3n) is 2.94. The molecule has 1 aromatic heterocycles. The lowest BCUT2D eigenvalue weighted by molar-refractivity contribution is -0.150. The summed E-state index contributed by atoms with van der Waals surface area (Å²) in [5.41, 5.74) is 0. The third-order valence-corrected chi connectivity index (χ3v) is 5.01. The van der Waals surface area contributed by atoms with Gasteiger partial charge in [-0.2, -0.15) is 11.8 Å². The molecule has 1 amide bonds. The van der Waals surface area contributed by atoms with Crippen molar-refractivity contribution in [2.45, 2.75) is 5.75 Å². The standard InChI is InChI=1S/C17H18FNO4S2/c18-14-5-1-2-6-15(14)22-11-17(21)23-10-16(20)19-7-9-24-12-13-4-3-8-25-13/h1-6,8H,7,9-12H2,(H,19,20). The van der Waals surface area contributed by atoms with Crippen molar-refractivity contribution in [1.82, 2.24) is 5.32 Å². The number of rotatable bonds is 10. The van der Waals surface area contributed by atoms with Gasteiger partial charge in [-0.15, -0.1) is 11.3 Å². The first kappa shape index (κ1) is 19.3. The Morgan fingerprint density at radius 3 is 2.76 bits per heavy atom. The zero-order valence-electron chi connectivity index (χ0n) is 13.4. The SMILES string of the molecule is O=C(COC(=O)COc1ccccc1F)NCCSCc1cccs1. The van der Waals surface area contributed by atoms with Gasteiger partial charge in [0.2, 0.25) is 0 Å². The number of thiophene rings is 1. The highest BCUT2D eigenvalue weighted by Gasteiger charge is 2.09. The van der Waals surface area contributed by atoms with Crippen LogP contribution in [0.4, 0.5) is 4.39 Å². The molecular weight excluding hydrogens is 365 g/mol. The fourth-order valence-electron chi connectivity index (χ4n) is 1.77. The summed E-state index contributed by atoms with van der Waals surface area (Å²) >= 11 is 3.42. The number of halogens is 1. The average molecular weight is 383 g/mol. The monoisotopic (exact) mass is 383 g/mol. The summed E-state index contributed by atoms with van der Waals surface area (Å²) in [5.74, 6) is -0.0228. The number of benzene rings is 1. The van der Waals surface area contributed by atoms with E-state index in [9.17, 15) is 14.0 Å². The van der Waals surface area contributed by atoms with E-state index in [0.717, 1.165) is 11.5 Å². The Balaban J connectivity index is 1.52. The summed E-state index contributed by atoms with van der Waals surface area (Å²) in [7, 11) is 0. The highest BCUT2D eigenvalue weighted by molar-refractivity contribution is 7.98. The van der Waals surface area contributed by atoms with Gasteiger partial charge in [-0.05, 0) is 23.6 Å². The summed E-state index contributed by atoms with van der Waals surface area (Å²) in [5, 5.41) is 4.70. The van der Waals surface area contributed by atoms with Crippen molar-refractivity contribution in [2.24, 2.45) is 0 Å². The predicted molar refractivity (Wildman–Crippen MR) is 96.3 cm³/mol. The molecule has 2 rings (SSSR count). The lowest BCUT2D eigenvalue weighted by atomic mass is 10.3. The van der Waals surface area contributed by atoms with Gasteiger partial charge in [-0.3, -0.25) is 4.79 Å². The van der Waals surface area contributed by atoms with Crippen LogP contribution in [0.15, 0.2) is 41.8 Å². The van der Waals surface area contributed by atoms with E-state index in [1.807, 2.05) is 11.4 Å². The molecule has 0 aliphatic carbocycles. The Labute approximate surface area is 153 Å². The van der Waals surface area contributed by atoms with Crippen LogP contribution in [0.2, 0.25) is 0 Å². The van der Waals surface area contributed by atoms with Crippen molar-refractivity contribution in [3.8, 4) is 5.75 Å². The Kier molecular flexibility index (Phi) is 8.27. The van der Waals surface area contributed by atoms with E-state index >= 15 is 0 Å². The number of hydrogen-bond donors (Lipinski definition) is 1. The van der Waals surface area contributed by atoms with Crippen molar-refractivity contribution >= 4 is 35.0 Å². The van der Waals surface area contributed by atoms with Crippen molar-refractivity contribution < 1.29 is 23.5 Å². The topological polar surface area (TPSA) is 64.6 Å². The maximum atomic E-state index is 13.3. The maximum absolute atomic E-state index is 13.3. The van der Waals surface area contributed by atoms with Crippen LogP contribution < -0.4 is 10.1 Å². The van der Waals surface area contributed by atoms with E-state index < -0.39 is 18.4 Å². The zero-order chi connectivity index (χ0) is 17.9. The molecule has 0 saturated heterocycles. The molecule has 0 bridgehead atoms. The van der Waals surface area contributed by atoms with Gasteiger partial charge < -0.3 is 14.8 Å². The van der Waals surface area contributed by atoms with E-state index in [0.29, 0.717) is 6.54 Å². The summed E-state index contributed by atoms with van der Waals surface area (Å²) in [4.78, 5) is 24.4. The largest absolute Gasteiger partial charge is 0.479 e. The van der Waals surface area contributed by atoms with Crippen LogP contribution in [0.3, 0.4) is 0 Å². The van der Waals surface area contributed by atoms with Crippen LogP contribution in [-0.2, 0) is 20.1 Å². The Hall–Kier alpha value is -2.06. The first-order valence-electron chi connectivity index (χ1n) is 7.55. The Morgan fingerprint density at radius 2 is 2.00 bits per heavy atom. The second-order valence-electron chi connectivity index (χ2n) is 4.86. The van der Waals surface area contributed by atoms with Gasteiger partial charge in [-0.25, -0.2) is 9.18 Å². The molecule has 134 valence electrons. The molecule has 5 nitrogen and oxygen atoms in total. The number of nitrogens with one attached hydrogen (secondary N) is 1. The molecule has 0 saturated carbocycles. The molecule has 1 N–H and O–H groups in total. The molecular formula is C17H18FNO4S2. The van der Waals surface area contributed by atoms with E-state index in [-0.39, 0.29) is 18.3 Å². The summed E-state index contributed by atoms with van der Waals surface area (Å²) in [6, 6.07) is 9.82. The predicted octanol–water partition coefficient (Wildman–Crippen LogP) is 2.86. The van der Waals surface area contributed by atoms with Crippen molar-refractivity contribution in [1.29, 1.82) is 0 Å². The highest BCUT2D eigenvalue weighted by Crippen LogP contribution is 2.16. The van der Waals surface area contributed by atoms with Crippen LogP contribution in [0.1, 0.15) is 4.88 Å². The number of hydrogen-bond acceptors (Lipinski definition) is 6. The molecule has 25 heavy (non-hydrogen) atoms. The minimum absolute atomic E-state index is 0.0355. The van der Waals surface area contributed by atoms with Crippen LogP contribution in [0.5, 0.6) is 5.75 Å². The number of esters is 1. The van der Waals surface area contributed by atoms with Crippen LogP contribution in [-0.4, -0.2) is 37.4 Å². The number of thioether (sulfide) groups is 1. The van der Waals surface area contributed by atoms with Crippen molar-refractivity contribution in [3.63, 3.8) is 0 Å². The molecule has 8 heteroatoms. The first-order valence-corrected chi connectivity index (χ1v) is 9.58. The first-order chi connectivity index (χ1) is 12.1. The van der Waals surface area contributed by atoms with E-state index in [1.165, 1.54) is 23.1 Å². The quantitative estimate of drug-likeness (QED) is 0.505. The smallest absolute Gasteiger partial charge is 0.344 e. The summed E-state index contributed by atoms with van der Waals surface area (Å²) < 4.78 is 23.1. The van der Waals surface area contributed by atoms with Gasteiger partial charge in [0.25, 0.3) is 5.91 Å².